The number of halogens is 1. The van der Waals surface area contributed by atoms with Gasteiger partial charge in [-0.25, -0.2) is 0 Å². The van der Waals surface area contributed by atoms with Crippen LogP contribution in [0, 0.1) is 11.8 Å². The van der Waals surface area contributed by atoms with E-state index in [1.807, 2.05) is 0 Å². The van der Waals surface area contributed by atoms with Gasteiger partial charge in [0, 0.05) is 4.83 Å². The van der Waals surface area contributed by atoms with Gasteiger partial charge >= 0.3 is 0 Å². The maximum Gasteiger partial charge on any atom is 0.0397 e. The van der Waals surface area contributed by atoms with E-state index in [1.54, 1.807) is 0 Å². The molecule has 2 rings (SSSR count). The molecule has 0 aliphatic heterocycles. The highest BCUT2D eigenvalue weighted by molar-refractivity contribution is 9.09. The minimum atomic E-state index is 0.545. The monoisotopic (exact) mass is 322 g/mol. The van der Waals surface area contributed by atoms with Gasteiger partial charge in [-0.3, -0.25) is 0 Å². The quantitative estimate of drug-likeness (QED) is 0.558. The average Bonchev–Trinajstić information content (AvgIpc) is 2.40. The van der Waals surface area contributed by atoms with Gasteiger partial charge < -0.3 is 0 Å². The van der Waals surface area contributed by atoms with Crippen molar-refractivity contribution >= 4 is 15.9 Å². The molecular formula is C18H27Br. The molecule has 0 radical (unpaired) electrons. The highest BCUT2D eigenvalue weighted by Crippen LogP contribution is 2.36. The average molecular weight is 323 g/mol. The Morgan fingerprint density at radius 2 is 1.68 bits per heavy atom. The van der Waals surface area contributed by atoms with E-state index < -0.39 is 0 Å². The highest BCUT2D eigenvalue weighted by Gasteiger charge is 2.18. The first-order valence-electron chi connectivity index (χ1n) is 7.88. The summed E-state index contributed by atoms with van der Waals surface area (Å²) in [7, 11) is 0. The summed E-state index contributed by atoms with van der Waals surface area (Å²) in [6.45, 7) is 4.56. The van der Waals surface area contributed by atoms with Gasteiger partial charge in [0.05, 0.1) is 0 Å². The molecule has 1 heteroatoms. The molecule has 1 aliphatic carbocycles. The van der Waals surface area contributed by atoms with Gasteiger partial charge in [0.25, 0.3) is 0 Å². The van der Waals surface area contributed by atoms with Gasteiger partial charge in [-0.1, -0.05) is 86.1 Å². The molecule has 0 spiro atoms. The number of hydrogen-bond donors (Lipinski definition) is 0. The highest BCUT2D eigenvalue weighted by atomic mass is 79.9. The second kappa shape index (κ2) is 7.47. The van der Waals surface area contributed by atoms with Crippen molar-refractivity contribution in [2.45, 2.75) is 63.6 Å². The van der Waals surface area contributed by atoms with Gasteiger partial charge in [-0.2, -0.15) is 0 Å². The number of alkyl halides is 1. The lowest BCUT2D eigenvalue weighted by atomic mass is 9.85. The Labute approximate surface area is 127 Å². The molecule has 1 aromatic rings. The first kappa shape index (κ1) is 15.1. The van der Waals surface area contributed by atoms with Crippen LogP contribution in [-0.4, -0.2) is 0 Å². The van der Waals surface area contributed by atoms with Gasteiger partial charge in [0.15, 0.2) is 0 Å². The maximum absolute atomic E-state index is 3.90. The fourth-order valence-corrected chi connectivity index (χ4v) is 4.02. The topological polar surface area (TPSA) is 0 Å². The van der Waals surface area contributed by atoms with Crippen molar-refractivity contribution in [2.75, 3.05) is 0 Å². The van der Waals surface area contributed by atoms with E-state index in [-0.39, 0.29) is 0 Å². The molecule has 19 heavy (non-hydrogen) atoms. The maximum atomic E-state index is 3.90. The first-order valence-corrected chi connectivity index (χ1v) is 8.79. The summed E-state index contributed by atoms with van der Waals surface area (Å²) in [6, 6.07) is 9.26. The van der Waals surface area contributed by atoms with E-state index in [1.165, 1.54) is 56.1 Å². The molecule has 1 unspecified atom stereocenters. The van der Waals surface area contributed by atoms with Crippen molar-refractivity contribution in [3.05, 3.63) is 35.4 Å². The lowest BCUT2D eigenvalue weighted by molar-refractivity contribution is 0.338. The van der Waals surface area contributed by atoms with E-state index >= 15 is 0 Å². The van der Waals surface area contributed by atoms with Gasteiger partial charge in [-0.15, -0.1) is 0 Å². The Morgan fingerprint density at radius 3 is 2.26 bits per heavy atom. The Kier molecular flexibility index (Phi) is 5.94. The van der Waals surface area contributed by atoms with Crippen molar-refractivity contribution in [3.63, 3.8) is 0 Å². The number of benzene rings is 1. The predicted octanol–water partition coefficient (Wildman–Crippen LogP) is 6.29. The second-order valence-corrected chi connectivity index (χ2v) is 7.65. The van der Waals surface area contributed by atoms with Crippen LogP contribution in [0.15, 0.2) is 24.3 Å². The van der Waals surface area contributed by atoms with Gasteiger partial charge in [-0.05, 0) is 35.8 Å². The third kappa shape index (κ3) is 4.95. The Bertz CT molecular complexity index is 360. The van der Waals surface area contributed by atoms with E-state index in [4.69, 9.17) is 0 Å². The van der Waals surface area contributed by atoms with Crippen LogP contribution in [0.5, 0.6) is 0 Å². The zero-order chi connectivity index (χ0) is 13.7. The summed E-state index contributed by atoms with van der Waals surface area (Å²) in [5.41, 5.74) is 2.93. The van der Waals surface area contributed by atoms with Crippen LogP contribution in [0.25, 0.3) is 0 Å². The van der Waals surface area contributed by atoms with Crippen molar-refractivity contribution in [3.8, 4) is 0 Å². The lowest BCUT2D eigenvalue weighted by Crippen LogP contribution is -2.08. The summed E-state index contributed by atoms with van der Waals surface area (Å²) in [5.74, 6) is 1.68. The molecule has 0 amide bonds. The summed E-state index contributed by atoms with van der Waals surface area (Å²) < 4.78 is 0. The normalized spacial score (nSPS) is 18.7. The SMILES string of the molecule is CC(C)Cc1ccc(C(Br)CC2CCCCC2)cc1. The molecule has 0 nitrogen and oxygen atoms in total. The van der Waals surface area contributed by atoms with Gasteiger partial charge in [0.2, 0.25) is 0 Å². The van der Waals surface area contributed by atoms with E-state index in [2.05, 4.69) is 54.0 Å². The van der Waals surface area contributed by atoms with Crippen molar-refractivity contribution in [1.29, 1.82) is 0 Å². The minimum absolute atomic E-state index is 0.545. The van der Waals surface area contributed by atoms with E-state index in [0.29, 0.717) is 4.83 Å². The molecule has 106 valence electrons. The molecule has 1 atom stereocenters. The molecule has 0 bridgehead atoms. The first-order chi connectivity index (χ1) is 9.15. The smallest absolute Gasteiger partial charge is 0.0397 e. The third-order valence-corrected chi connectivity index (χ3v) is 5.15. The van der Waals surface area contributed by atoms with Crippen LogP contribution < -0.4 is 0 Å². The second-order valence-electron chi connectivity index (χ2n) is 6.55. The largest absolute Gasteiger partial charge is 0.0839 e. The zero-order valence-electron chi connectivity index (χ0n) is 12.4. The molecule has 0 aromatic heterocycles. The number of rotatable bonds is 5. The van der Waals surface area contributed by atoms with Crippen LogP contribution in [0.4, 0.5) is 0 Å². The molecule has 0 heterocycles. The number of hydrogen-bond acceptors (Lipinski definition) is 0. The summed E-state index contributed by atoms with van der Waals surface area (Å²) >= 11 is 3.90. The Morgan fingerprint density at radius 1 is 1.05 bits per heavy atom. The van der Waals surface area contributed by atoms with Crippen LogP contribution in [0.3, 0.4) is 0 Å². The minimum Gasteiger partial charge on any atom is -0.0839 e. The van der Waals surface area contributed by atoms with Crippen LogP contribution in [0.1, 0.15) is 68.3 Å². The Balaban J connectivity index is 1.89. The van der Waals surface area contributed by atoms with Crippen LogP contribution in [-0.2, 0) is 6.42 Å². The molecular weight excluding hydrogens is 296 g/mol. The van der Waals surface area contributed by atoms with E-state index in [9.17, 15) is 0 Å². The van der Waals surface area contributed by atoms with Crippen molar-refractivity contribution < 1.29 is 0 Å². The zero-order valence-corrected chi connectivity index (χ0v) is 14.0. The van der Waals surface area contributed by atoms with Gasteiger partial charge in [0.1, 0.15) is 0 Å². The summed E-state index contributed by atoms with van der Waals surface area (Å²) in [5, 5.41) is 0. The van der Waals surface area contributed by atoms with E-state index in [0.717, 1.165) is 11.8 Å². The van der Waals surface area contributed by atoms with Crippen LogP contribution in [0.2, 0.25) is 0 Å². The standard InChI is InChI=1S/C18H27Br/c1-14(2)12-16-8-10-17(11-9-16)18(19)13-15-6-4-3-5-7-15/h8-11,14-15,18H,3-7,12-13H2,1-2H3. The summed E-state index contributed by atoms with van der Waals surface area (Å²) in [6.07, 6.45) is 9.71. The van der Waals surface area contributed by atoms with Crippen molar-refractivity contribution in [2.24, 2.45) is 11.8 Å². The Hall–Kier alpha value is -0.300. The fourth-order valence-electron chi connectivity index (χ4n) is 3.19. The summed E-state index contributed by atoms with van der Waals surface area (Å²) in [4.78, 5) is 0.545. The van der Waals surface area contributed by atoms with Crippen molar-refractivity contribution in [1.82, 2.24) is 0 Å². The predicted molar refractivity (Wildman–Crippen MR) is 87.8 cm³/mol. The molecule has 1 fully saturated rings. The molecule has 0 N–H and O–H groups in total. The molecule has 0 saturated heterocycles. The lowest BCUT2D eigenvalue weighted by Gasteiger charge is -2.24. The third-order valence-electron chi connectivity index (χ3n) is 4.25. The molecule has 1 aliphatic rings. The molecule has 1 saturated carbocycles. The fraction of sp³-hybridized carbons (Fsp3) is 0.667. The van der Waals surface area contributed by atoms with Crippen LogP contribution >= 0.6 is 15.9 Å². The molecule has 1 aromatic carbocycles.